The van der Waals surface area contributed by atoms with Crippen molar-refractivity contribution in [2.75, 3.05) is 11.4 Å². The molecule has 2 aromatic rings. The zero-order valence-corrected chi connectivity index (χ0v) is 12.9. The number of carboxylic acid groups (broad SMARTS) is 1. The average Bonchev–Trinajstić information content (AvgIpc) is 3.05. The zero-order chi connectivity index (χ0) is 15.5. The Balaban J connectivity index is 1.87. The highest BCUT2D eigenvalue weighted by atomic mass is 32.1. The number of nitrogens with zero attached hydrogens (tertiary/aromatic N) is 1. The zero-order valence-electron chi connectivity index (χ0n) is 12.1. The second kappa shape index (κ2) is 6.32. The predicted molar refractivity (Wildman–Crippen MR) is 86.5 cm³/mol. The maximum absolute atomic E-state index is 12.7. The van der Waals surface area contributed by atoms with Gasteiger partial charge in [-0.05, 0) is 41.8 Å². The fraction of sp³-hybridized carbons (Fsp3) is 0.294. The van der Waals surface area contributed by atoms with Crippen molar-refractivity contribution in [3.63, 3.8) is 0 Å². The van der Waals surface area contributed by atoms with Crippen molar-refractivity contribution in [3.8, 4) is 0 Å². The lowest BCUT2D eigenvalue weighted by atomic mass is 9.89. The maximum atomic E-state index is 12.7. The number of benzene rings is 1. The quantitative estimate of drug-likeness (QED) is 0.940. The van der Waals surface area contributed by atoms with Crippen molar-refractivity contribution in [2.45, 2.75) is 19.3 Å². The molecule has 0 saturated heterocycles. The minimum Gasteiger partial charge on any atom is -0.481 e. The molecule has 0 spiro atoms. The van der Waals surface area contributed by atoms with Crippen LogP contribution in [0.2, 0.25) is 0 Å². The summed E-state index contributed by atoms with van der Waals surface area (Å²) in [5.41, 5.74) is 2.76. The summed E-state index contributed by atoms with van der Waals surface area (Å²) in [5, 5.41) is 12.6. The first-order valence-corrected chi connectivity index (χ1v) is 8.23. The van der Waals surface area contributed by atoms with Crippen LogP contribution in [0.3, 0.4) is 0 Å². The molecule has 0 saturated carbocycles. The molecule has 1 aliphatic rings. The first-order chi connectivity index (χ1) is 10.6. The normalized spacial score (nSPS) is 17.1. The van der Waals surface area contributed by atoms with E-state index in [1.165, 1.54) is 11.3 Å². The van der Waals surface area contributed by atoms with Crippen LogP contribution in [0, 0.1) is 5.92 Å². The molecule has 1 aliphatic heterocycles. The largest absolute Gasteiger partial charge is 0.481 e. The van der Waals surface area contributed by atoms with E-state index in [1.807, 2.05) is 41.1 Å². The number of carbonyl (C=O) groups is 2. The summed E-state index contributed by atoms with van der Waals surface area (Å²) >= 11 is 1.50. The lowest BCUT2D eigenvalue weighted by Crippen LogP contribution is -2.40. The van der Waals surface area contributed by atoms with Gasteiger partial charge in [0, 0.05) is 24.0 Å². The number of thiophene rings is 1. The third-order valence-electron chi connectivity index (χ3n) is 4.01. The second-order valence-electron chi connectivity index (χ2n) is 5.56. The lowest BCUT2D eigenvalue weighted by molar-refractivity contribution is -0.137. The Morgan fingerprint density at radius 2 is 2.09 bits per heavy atom. The Labute approximate surface area is 133 Å². The molecule has 114 valence electrons. The third-order valence-corrected chi connectivity index (χ3v) is 4.69. The number of hydrogen-bond acceptors (Lipinski definition) is 3. The van der Waals surface area contributed by atoms with Crippen LogP contribution >= 0.6 is 11.3 Å². The molecule has 5 heteroatoms. The van der Waals surface area contributed by atoms with Gasteiger partial charge in [0.05, 0.1) is 5.56 Å². The summed E-state index contributed by atoms with van der Waals surface area (Å²) in [6, 6.07) is 9.72. The number of amides is 1. The van der Waals surface area contributed by atoms with Gasteiger partial charge in [0.15, 0.2) is 0 Å². The molecule has 1 N–H and O–H groups in total. The Morgan fingerprint density at radius 1 is 1.27 bits per heavy atom. The maximum Gasteiger partial charge on any atom is 0.303 e. The molecule has 1 unspecified atom stereocenters. The van der Waals surface area contributed by atoms with E-state index in [9.17, 15) is 9.59 Å². The van der Waals surface area contributed by atoms with Gasteiger partial charge in [0.25, 0.3) is 5.91 Å². The van der Waals surface area contributed by atoms with Crippen LogP contribution in [-0.2, 0) is 11.2 Å². The smallest absolute Gasteiger partial charge is 0.303 e. The van der Waals surface area contributed by atoms with Gasteiger partial charge in [-0.3, -0.25) is 9.59 Å². The molecule has 1 aromatic carbocycles. The monoisotopic (exact) mass is 315 g/mol. The Bertz CT molecular complexity index is 681. The standard InChI is InChI=1S/C17H17NO3S/c19-16(20)6-5-12-9-13-3-1-2-4-15(13)18(10-12)17(21)14-7-8-22-11-14/h1-4,7-8,11-12H,5-6,9-10H2,(H,19,20). The molecule has 0 radical (unpaired) electrons. The number of carboxylic acids is 1. The molecule has 4 nitrogen and oxygen atoms in total. The molecule has 0 aliphatic carbocycles. The highest BCUT2D eigenvalue weighted by Gasteiger charge is 2.29. The summed E-state index contributed by atoms with van der Waals surface area (Å²) in [7, 11) is 0. The van der Waals surface area contributed by atoms with Gasteiger partial charge in [-0.2, -0.15) is 11.3 Å². The van der Waals surface area contributed by atoms with E-state index in [1.54, 1.807) is 4.90 Å². The van der Waals surface area contributed by atoms with Gasteiger partial charge in [-0.1, -0.05) is 18.2 Å². The molecule has 3 rings (SSSR count). The van der Waals surface area contributed by atoms with E-state index in [0.29, 0.717) is 18.5 Å². The summed E-state index contributed by atoms with van der Waals surface area (Å²) < 4.78 is 0. The minimum absolute atomic E-state index is 0.00581. The van der Waals surface area contributed by atoms with Crippen LogP contribution in [0.5, 0.6) is 0 Å². The van der Waals surface area contributed by atoms with E-state index in [-0.39, 0.29) is 18.2 Å². The molecule has 2 heterocycles. The van der Waals surface area contributed by atoms with Gasteiger partial charge in [-0.15, -0.1) is 0 Å². The number of para-hydroxylation sites is 1. The summed E-state index contributed by atoms with van der Waals surface area (Å²) in [5.74, 6) is -0.600. The Hall–Kier alpha value is -2.14. The van der Waals surface area contributed by atoms with Gasteiger partial charge < -0.3 is 10.0 Å². The van der Waals surface area contributed by atoms with Crippen molar-refractivity contribution in [2.24, 2.45) is 5.92 Å². The topological polar surface area (TPSA) is 57.6 Å². The van der Waals surface area contributed by atoms with Crippen LogP contribution in [0.1, 0.15) is 28.8 Å². The van der Waals surface area contributed by atoms with Crippen molar-refractivity contribution >= 4 is 28.9 Å². The molecule has 1 amide bonds. The fourth-order valence-electron chi connectivity index (χ4n) is 2.93. The number of fused-ring (bicyclic) bond motifs is 1. The van der Waals surface area contributed by atoms with Gasteiger partial charge in [0.1, 0.15) is 0 Å². The molecule has 1 atom stereocenters. The summed E-state index contributed by atoms with van der Waals surface area (Å²) in [6.07, 6.45) is 1.57. The van der Waals surface area contributed by atoms with E-state index in [4.69, 9.17) is 5.11 Å². The average molecular weight is 315 g/mol. The number of rotatable bonds is 4. The molecule has 1 aromatic heterocycles. The highest BCUT2D eigenvalue weighted by Crippen LogP contribution is 2.32. The molecule has 22 heavy (non-hydrogen) atoms. The summed E-state index contributed by atoms with van der Waals surface area (Å²) in [6.45, 7) is 0.582. The van der Waals surface area contributed by atoms with Crippen LogP contribution in [0.25, 0.3) is 0 Å². The van der Waals surface area contributed by atoms with Gasteiger partial charge in [0.2, 0.25) is 0 Å². The number of carbonyl (C=O) groups excluding carboxylic acids is 1. The first kappa shape index (κ1) is 14.8. The molecule has 0 fully saturated rings. The van der Waals surface area contributed by atoms with Crippen LogP contribution in [-0.4, -0.2) is 23.5 Å². The number of anilines is 1. The van der Waals surface area contributed by atoms with Crippen molar-refractivity contribution < 1.29 is 14.7 Å². The van der Waals surface area contributed by atoms with E-state index >= 15 is 0 Å². The number of aliphatic carboxylic acids is 1. The van der Waals surface area contributed by atoms with Crippen LogP contribution in [0.4, 0.5) is 5.69 Å². The van der Waals surface area contributed by atoms with Gasteiger partial charge in [-0.25, -0.2) is 0 Å². The summed E-state index contributed by atoms with van der Waals surface area (Å²) in [4.78, 5) is 25.3. The molecule has 0 bridgehead atoms. The van der Waals surface area contributed by atoms with Crippen molar-refractivity contribution in [3.05, 3.63) is 52.2 Å². The van der Waals surface area contributed by atoms with E-state index in [2.05, 4.69) is 0 Å². The molecular weight excluding hydrogens is 298 g/mol. The second-order valence-corrected chi connectivity index (χ2v) is 6.34. The first-order valence-electron chi connectivity index (χ1n) is 7.29. The van der Waals surface area contributed by atoms with Gasteiger partial charge >= 0.3 is 5.97 Å². The Kier molecular flexibility index (Phi) is 4.24. The minimum atomic E-state index is -0.783. The highest BCUT2D eigenvalue weighted by molar-refractivity contribution is 7.08. The van der Waals surface area contributed by atoms with Crippen LogP contribution < -0.4 is 4.90 Å². The Morgan fingerprint density at radius 3 is 2.82 bits per heavy atom. The SMILES string of the molecule is O=C(O)CCC1Cc2ccccc2N(C(=O)c2ccsc2)C1. The van der Waals surface area contributed by atoms with Crippen molar-refractivity contribution in [1.29, 1.82) is 0 Å². The number of hydrogen-bond donors (Lipinski definition) is 1. The fourth-order valence-corrected chi connectivity index (χ4v) is 3.56. The van der Waals surface area contributed by atoms with E-state index in [0.717, 1.165) is 17.7 Å². The van der Waals surface area contributed by atoms with Crippen molar-refractivity contribution in [1.82, 2.24) is 0 Å². The van der Waals surface area contributed by atoms with Crippen LogP contribution in [0.15, 0.2) is 41.1 Å². The lowest BCUT2D eigenvalue weighted by Gasteiger charge is -2.34. The predicted octanol–water partition coefficient (Wildman–Crippen LogP) is 3.43. The third kappa shape index (κ3) is 3.04. The molecular formula is C17H17NO3S. The van der Waals surface area contributed by atoms with E-state index < -0.39 is 5.97 Å².